The molecule has 0 aliphatic rings. The van der Waals surface area contributed by atoms with Crippen molar-refractivity contribution in [2.45, 2.75) is 25.4 Å². The highest BCUT2D eigenvalue weighted by atomic mass is 32.2. The molecule has 0 aliphatic carbocycles. The molecule has 0 bridgehead atoms. The zero-order valence-electron chi connectivity index (χ0n) is 13.5. The lowest BCUT2D eigenvalue weighted by Crippen LogP contribution is -1.98. The SMILES string of the molecule is C=C/C(=C\C=C/C)Sc1nc(NC)c2c(C=O)c(CC)[nH]c2n1. The van der Waals surface area contributed by atoms with Crippen LogP contribution in [0.3, 0.4) is 0 Å². The number of thioether (sulfide) groups is 1. The highest BCUT2D eigenvalue weighted by Gasteiger charge is 2.17. The quantitative estimate of drug-likeness (QED) is 0.346. The van der Waals surface area contributed by atoms with Crippen molar-refractivity contribution in [3.63, 3.8) is 0 Å². The summed E-state index contributed by atoms with van der Waals surface area (Å²) in [5.74, 6) is 0.644. The van der Waals surface area contributed by atoms with Crippen LogP contribution in [0, 0.1) is 0 Å². The van der Waals surface area contributed by atoms with Crippen LogP contribution in [-0.4, -0.2) is 28.3 Å². The van der Waals surface area contributed by atoms with Gasteiger partial charge >= 0.3 is 0 Å². The summed E-state index contributed by atoms with van der Waals surface area (Å²) >= 11 is 1.42. The van der Waals surface area contributed by atoms with E-state index in [-0.39, 0.29) is 0 Å². The number of hydrogen-bond donors (Lipinski definition) is 2. The van der Waals surface area contributed by atoms with Gasteiger partial charge in [-0.3, -0.25) is 4.79 Å². The summed E-state index contributed by atoms with van der Waals surface area (Å²) in [5.41, 5.74) is 2.16. The number of nitrogens with one attached hydrogen (secondary N) is 2. The second kappa shape index (κ2) is 7.78. The van der Waals surface area contributed by atoms with Crippen molar-refractivity contribution in [3.8, 4) is 0 Å². The van der Waals surface area contributed by atoms with Crippen molar-refractivity contribution in [1.82, 2.24) is 15.0 Å². The maximum Gasteiger partial charge on any atom is 0.196 e. The third-order valence-electron chi connectivity index (χ3n) is 3.32. The van der Waals surface area contributed by atoms with Gasteiger partial charge in [0, 0.05) is 23.2 Å². The molecule has 5 nitrogen and oxygen atoms in total. The van der Waals surface area contributed by atoms with Crippen LogP contribution in [0.5, 0.6) is 0 Å². The van der Waals surface area contributed by atoms with Gasteiger partial charge in [0.15, 0.2) is 11.4 Å². The van der Waals surface area contributed by atoms with Gasteiger partial charge in [0.2, 0.25) is 0 Å². The molecule has 2 aromatic rings. The molecule has 0 saturated carbocycles. The van der Waals surface area contributed by atoms with Gasteiger partial charge in [0.05, 0.1) is 5.39 Å². The molecule has 0 aliphatic heterocycles. The van der Waals surface area contributed by atoms with E-state index < -0.39 is 0 Å². The first-order valence-electron chi connectivity index (χ1n) is 7.37. The van der Waals surface area contributed by atoms with Crippen LogP contribution in [0.4, 0.5) is 5.82 Å². The van der Waals surface area contributed by atoms with Crippen molar-refractivity contribution in [1.29, 1.82) is 0 Å². The molecular weight excluding hydrogens is 308 g/mol. The predicted molar refractivity (Wildman–Crippen MR) is 97.2 cm³/mol. The number of anilines is 1. The Morgan fingerprint density at radius 3 is 2.78 bits per heavy atom. The Balaban J connectivity index is 2.56. The van der Waals surface area contributed by atoms with E-state index in [1.807, 2.05) is 32.1 Å². The molecule has 0 aromatic carbocycles. The number of aromatic nitrogens is 3. The Hall–Kier alpha value is -2.34. The highest BCUT2D eigenvalue weighted by molar-refractivity contribution is 8.03. The van der Waals surface area contributed by atoms with Gasteiger partial charge < -0.3 is 10.3 Å². The molecule has 23 heavy (non-hydrogen) atoms. The third-order valence-corrected chi connectivity index (χ3v) is 4.23. The fraction of sp³-hybridized carbons (Fsp3) is 0.235. The number of hydrogen-bond acceptors (Lipinski definition) is 5. The molecule has 2 heterocycles. The fourth-order valence-electron chi connectivity index (χ4n) is 2.22. The van der Waals surface area contributed by atoms with E-state index in [2.05, 4.69) is 26.8 Å². The van der Waals surface area contributed by atoms with Crippen LogP contribution in [0.25, 0.3) is 11.0 Å². The normalized spacial score (nSPS) is 12.0. The van der Waals surface area contributed by atoms with E-state index in [4.69, 9.17) is 0 Å². The van der Waals surface area contributed by atoms with Gasteiger partial charge in [0.1, 0.15) is 11.5 Å². The second-order valence-corrected chi connectivity index (χ2v) is 5.76. The molecule has 0 fully saturated rings. The van der Waals surface area contributed by atoms with Gasteiger partial charge in [-0.1, -0.05) is 31.7 Å². The topological polar surface area (TPSA) is 70.7 Å². The minimum absolute atomic E-state index is 0.596. The summed E-state index contributed by atoms with van der Waals surface area (Å²) < 4.78 is 0. The van der Waals surface area contributed by atoms with Gasteiger partial charge in [-0.05, 0) is 31.2 Å². The first kappa shape index (κ1) is 17.0. The van der Waals surface area contributed by atoms with E-state index in [1.165, 1.54) is 11.8 Å². The first-order valence-corrected chi connectivity index (χ1v) is 8.18. The molecule has 6 heteroatoms. The number of carbonyl (C=O) groups excluding carboxylic acids is 1. The minimum Gasteiger partial charge on any atom is -0.372 e. The van der Waals surface area contributed by atoms with Crippen LogP contribution in [-0.2, 0) is 6.42 Å². The Kier molecular flexibility index (Phi) is 5.76. The number of rotatable bonds is 7. The molecule has 0 amide bonds. The van der Waals surface area contributed by atoms with Crippen LogP contribution in [0.2, 0.25) is 0 Å². The third kappa shape index (κ3) is 3.53. The molecule has 2 aromatic heterocycles. The highest BCUT2D eigenvalue weighted by Crippen LogP contribution is 2.31. The lowest BCUT2D eigenvalue weighted by atomic mass is 10.1. The first-order chi connectivity index (χ1) is 11.2. The lowest BCUT2D eigenvalue weighted by molar-refractivity contribution is 0.112. The Labute approximate surface area is 140 Å². The fourth-order valence-corrected chi connectivity index (χ4v) is 2.94. The van der Waals surface area contributed by atoms with Crippen molar-refractivity contribution in [2.75, 3.05) is 12.4 Å². The number of aryl methyl sites for hydroxylation is 1. The zero-order chi connectivity index (χ0) is 16.8. The van der Waals surface area contributed by atoms with Gasteiger partial charge in [0.25, 0.3) is 0 Å². The summed E-state index contributed by atoms with van der Waals surface area (Å²) in [5, 5.41) is 4.39. The number of allylic oxidation sites excluding steroid dienone is 4. The van der Waals surface area contributed by atoms with Gasteiger partial charge in [-0.25, -0.2) is 9.97 Å². The number of H-pyrrole nitrogens is 1. The largest absolute Gasteiger partial charge is 0.372 e. The standard InChI is InChI=1S/C17H20N4OS/c1-5-8-9-11(6-2)23-17-20-15(18-4)14-12(10-22)13(7-3)19-16(14)21-17/h5-6,8-10H,2,7H2,1,3-4H3,(H2,18,19,20,21)/b8-5-,11-9+. The van der Waals surface area contributed by atoms with Crippen molar-refractivity contribution < 1.29 is 4.79 Å². The van der Waals surface area contributed by atoms with Crippen LogP contribution in [0.1, 0.15) is 29.9 Å². The molecule has 0 spiro atoms. The van der Waals surface area contributed by atoms with Crippen molar-refractivity contribution >= 4 is 34.9 Å². The number of aldehydes is 1. The van der Waals surface area contributed by atoms with Crippen LogP contribution >= 0.6 is 11.8 Å². The summed E-state index contributed by atoms with van der Waals surface area (Å²) in [6, 6.07) is 0. The van der Waals surface area contributed by atoms with Crippen molar-refractivity contribution in [2.24, 2.45) is 0 Å². The van der Waals surface area contributed by atoms with Crippen LogP contribution in [0.15, 0.2) is 40.9 Å². The summed E-state index contributed by atoms with van der Waals surface area (Å²) in [4.78, 5) is 24.6. The summed E-state index contributed by atoms with van der Waals surface area (Å²) in [6.07, 6.45) is 9.19. The molecule has 0 atom stereocenters. The predicted octanol–water partition coefficient (Wildman–Crippen LogP) is 4.11. The molecular formula is C17H20N4OS. The van der Waals surface area contributed by atoms with E-state index in [0.29, 0.717) is 22.2 Å². The molecule has 120 valence electrons. The maximum absolute atomic E-state index is 11.4. The van der Waals surface area contributed by atoms with Crippen LogP contribution < -0.4 is 5.32 Å². The maximum atomic E-state index is 11.4. The summed E-state index contributed by atoms with van der Waals surface area (Å²) in [6.45, 7) is 7.76. The Morgan fingerprint density at radius 2 is 2.22 bits per heavy atom. The van der Waals surface area contributed by atoms with E-state index in [0.717, 1.165) is 28.7 Å². The lowest BCUT2D eigenvalue weighted by Gasteiger charge is -2.06. The number of nitrogens with zero attached hydrogens (tertiary/aromatic N) is 2. The molecule has 0 unspecified atom stereocenters. The van der Waals surface area contributed by atoms with E-state index in [9.17, 15) is 4.79 Å². The van der Waals surface area contributed by atoms with Gasteiger partial charge in [-0.2, -0.15) is 0 Å². The second-order valence-electron chi connectivity index (χ2n) is 4.72. The zero-order valence-corrected chi connectivity index (χ0v) is 14.3. The van der Waals surface area contributed by atoms with Gasteiger partial charge in [-0.15, -0.1) is 0 Å². The number of fused-ring (bicyclic) bond motifs is 1. The number of aromatic amines is 1. The smallest absolute Gasteiger partial charge is 0.196 e. The monoisotopic (exact) mass is 328 g/mol. The number of carbonyl (C=O) groups is 1. The minimum atomic E-state index is 0.596. The molecule has 2 rings (SSSR count). The van der Waals surface area contributed by atoms with E-state index in [1.54, 1.807) is 13.1 Å². The average Bonchev–Trinajstić information content (AvgIpc) is 2.95. The molecule has 0 radical (unpaired) electrons. The average molecular weight is 328 g/mol. The Morgan fingerprint density at radius 1 is 1.43 bits per heavy atom. The molecule has 2 N–H and O–H groups in total. The molecule has 0 saturated heterocycles. The van der Waals surface area contributed by atoms with Crippen molar-refractivity contribution in [3.05, 3.63) is 47.0 Å². The van der Waals surface area contributed by atoms with E-state index >= 15 is 0 Å². The Bertz CT molecular complexity index is 789. The summed E-state index contributed by atoms with van der Waals surface area (Å²) in [7, 11) is 1.79.